The summed E-state index contributed by atoms with van der Waals surface area (Å²) < 4.78 is 53.0. The number of aromatic nitrogens is 2. The molecule has 3 aromatic carbocycles. The standard InChI is InChI=1S/C25H20F2N4O2S/c1-34(28,32)17-8-5-14(6-9-17)15-7-10-18-20(11-15)31-21-12-19(24(31)30-18)29-13-16-3-2-4-22(23(16)21)33-25(26)27/h2-11,13,19,25,28-29H,12H2,1H3/t19-,34?/m1/s1. The molecule has 0 saturated carbocycles. The van der Waals surface area contributed by atoms with Crippen LogP contribution in [-0.2, 0) is 9.73 Å². The van der Waals surface area contributed by atoms with Crippen LogP contribution >= 0.6 is 0 Å². The number of nitrogens with one attached hydrogen (secondary N) is 2. The number of fused-ring (bicyclic) bond motifs is 8. The first-order valence-corrected chi connectivity index (χ1v) is 12.7. The van der Waals surface area contributed by atoms with E-state index in [1.807, 2.05) is 47.2 Å². The van der Waals surface area contributed by atoms with E-state index in [1.165, 1.54) is 6.26 Å². The molecule has 2 aliphatic heterocycles. The summed E-state index contributed by atoms with van der Waals surface area (Å²) in [5, 5.41) is 4.80. The molecule has 6 rings (SSSR count). The summed E-state index contributed by atoms with van der Waals surface area (Å²) in [5.41, 5.74) is 4.39. The van der Waals surface area contributed by atoms with E-state index in [4.69, 9.17) is 14.5 Å². The maximum atomic E-state index is 13.2. The third kappa shape index (κ3) is 3.27. The number of imidazole rings is 1. The van der Waals surface area contributed by atoms with Gasteiger partial charge in [0.05, 0.1) is 26.8 Å². The first kappa shape index (κ1) is 20.9. The minimum absolute atomic E-state index is 0.0771. The minimum Gasteiger partial charge on any atom is -0.434 e. The van der Waals surface area contributed by atoms with Crippen molar-refractivity contribution in [3.63, 3.8) is 0 Å². The molecule has 0 aliphatic carbocycles. The molecule has 1 aromatic heterocycles. The molecule has 2 aliphatic rings. The van der Waals surface area contributed by atoms with Gasteiger partial charge in [-0.3, -0.25) is 4.57 Å². The van der Waals surface area contributed by atoms with Gasteiger partial charge < -0.3 is 10.1 Å². The SMILES string of the molecule is CS(=N)(=O)c1ccc(-c2ccc3nc4n(c3c2)C2=c3c(OC(F)F)cccc3=CN[C@@H]4C2)cc1. The Morgan fingerprint density at radius 1 is 1.15 bits per heavy atom. The summed E-state index contributed by atoms with van der Waals surface area (Å²) >= 11 is 0. The molecule has 34 heavy (non-hydrogen) atoms. The lowest BCUT2D eigenvalue weighted by molar-refractivity contribution is -0.0505. The third-order valence-corrected chi connectivity index (χ3v) is 7.47. The number of rotatable bonds is 4. The summed E-state index contributed by atoms with van der Waals surface area (Å²) in [6.45, 7) is -2.92. The molecule has 6 nitrogen and oxygen atoms in total. The average molecular weight is 479 g/mol. The van der Waals surface area contributed by atoms with Crippen LogP contribution in [0.15, 0.2) is 65.6 Å². The molecule has 0 saturated heterocycles. The Bertz CT molecular complexity index is 1690. The first-order chi connectivity index (χ1) is 16.3. The zero-order valence-corrected chi connectivity index (χ0v) is 18.9. The molecule has 2 N–H and O–H groups in total. The predicted molar refractivity (Wildman–Crippen MR) is 126 cm³/mol. The third-order valence-electron chi connectivity index (χ3n) is 6.30. The molecule has 1 unspecified atom stereocenters. The summed E-state index contributed by atoms with van der Waals surface area (Å²) in [6.07, 6.45) is 3.83. The van der Waals surface area contributed by atoms with Crippen molar-refractivity contribution < 1.29 is 17.7 Å². The van der Waals surface area contributed by atoms with Crippen molar-refractivity contribution in [1.29, 1.82) is 4.78 Å². The van der Waals surface area contributed by atoms with Crippen LogP contribution in [0, 0.1) is 4.78 Å². The number of nitrogens with zero attached hydrogens (tertiary/aromatic N) is 2. The van der Waals surface area contributed by atoms with Crippen LogP contribution in [0.2, 0.25) is 0 Å². The van der Waals surface area contributed by atoms with E-state index in [0.29, 0.717) is 16.5 Å². The number of halogens is 2. The molecule has 3 heterocycles. The van der Waals surface area contributed by atoms with Crippen molar-refractivity contribution in [3.05, 3.63) is 76.9 Å². The maximum Gasteiger partial charge on any atom is 0.387 e. The Morgan fingerprint density at radius 3 is 2.65 bits per heavy atom. The van der Waals surface area contributed by atoms with Gasteiger partial charge in [-0.15, -0.1) is 0 Å². The van der Waals surface area contributed by atoms with Crippen LogP contribution in [0.4, 0.5) is 8.78 Å². The van der Waals surface area contributed by atoms with E-state index in [-0.39, 0.29) is 11.8 Å². The highest BCUT2D eigenvalue weighted by atomic mass is 32.2. The van der Waals surface area contributed by atoms with Crippen molar-refractivity contribution in [1.82, 2.24) is 14.9 Å². The number of ether oxygens (including phenoxy) is 1. The van der Waals surface area contributed by atoms with E-state index in [2.05, 4.69) is 5.32 Å². The van der Waals surface area contributed by atoms with Crippen LogP contribution in [0.25, 0.3) is 34.1 Å². The normalized spacial score (nSPS) is 18.0. The fourth-order valence-corrected chi connectivity index (χ4v) is 5.44. The van der Waals surface area contributed by atoms with Crippen molar-refractivity contribution in [2.45, 2.75) is 24.0 Å². The monoisotopic (exact) mass is 478 g/mol. The maximum absolute atomic E-state index is 13.2. The van der Waals surface area contributed by atoms with Crippen molar-refractivity contribution in [2.75, 3.05) is 6.26 Å². The van der Waals surface area contributed by atoms with Crippen LogP contribution < -0.4 is 20.5 Å². The second kappa shape index (κ2) is 7.39. The highest BCUT2D eigenvalue weighted by molar-refractivity contribution is 7.91. The van der Waals surface area contributed by atoms with Gasteiger partial charge in [-0.25, -0.2) is 14.0 Å². The topological polar surface area (TPSA) is 80.0 Å². The van der Waals surface area contributed by atoms with Crippen molar-refractivity contribution in [3.8, 4) is 16.9 Å². The quantitative estimate of drug-likeness (QED) is 0.468. The van der Waals surface area contributed by atoms with Gasteiger partial charge in [0, 0.05) is 39.9 Å². The highest BCUT2D eigenvalue weighted by Crippen LogP contribution is 2.38. The summed E-state index contributed by atoms with van der Waals surface area (Å²) in [5.74, 6) is 0.965. The summed E-state index contributed by atoms with van der Waals surface area (Å²) in [4.78, 5) is 5.31. The van der Waals surface area contributed by atoms with Gasteiger partial charge in [0.15, 0.2) is 0 Å². The molecule has 4 aromatic rings. The number of benzene rings is 3. The van der Waals surface area contributed by atoms with Gasteiger partial charge >= 0.3 is 6.61 Å². The highest BCUT2D eigenvalue weighted by Gasteiger charge is 2.32. The Morgan fingerprint density at radius 2 is 1.91 bits per heavy atom. The Labute approximate surface area is 194 Å². The molecular weight excluding hydrogens is 458 g/mol. The Balaban J connectivity index is 1.58. The van der Waals surface area contributed by atoms with Gasteiger partial charge in [-0.2, -0.15) is 8.78 Å². The number of alkyl halides is 2. The van der Waals surface area contributed by atoms with Crippen LogP contribution in [0.5, 0.6) is 5.75 Å². The fourth-order valence-electron chi connectivity index (χ4n) is 4.78. The van der Waals surface area contributed by atoms with Gasteiger partial charge in [-0.1, -0.05) is 30.3 Å². The Hall–Kier alpha value is -3.72. The van der Waals surface area contributed by atoms with E-state index in [0.717, 1.165) is 38.9 Å². The summed E-state index contributed by atoms with van der Waals surface area (Å²) in [6, 6.07) is 18.1. The molecule has 0 amide bonds. The van der Waals surface area contributed by atoms with Crippen LogP contribution in [-0.4, -0.2) is 26.6 Å². The molecule has 2 bridgehead atoms. The van der Waals surface area contributed by atoms with Gasteiger partial charge in [0.25, 0.3) is 0 Å². The van der Waals surface area contributed by atoms with Gasteiger partial charge in [0.2, 0.25) is 0 Å². The predicted octanol–water partition coefficient (Wildman–Crippen LogP) is 3.78. The molecule has 172 valence electrons. The molecule has 0 spiro atoms. The van der Waals surface area contributed by atoms with Gasteiger partial charge in [0.1, 0.15) is 11.6 Å². The molecule has 2 atom stereocenters. The minimum atomic E-state index is -2.92. The first-order valence-electron chi connectivity index (χ1n) is 10.7. The largest absolute Gasteiger partial charge is 0.434 e. The lowest BCUT2D eigenvalue weighted by Crippen LogP contribution is -2.32. The van der Waals surface area contributed by atoms with Crippen LogP contribution in [0.1, 0.15) is 18.3 Å². The lowest BCUT2D eigenvalue weighted by Gasteiger charge is -2.11. The molecule has 0 fully saturated rings. The zero-order valence-electron chi connectivity index (χ0n) is 18.1. The smallest absolute Gasteiger partial charge is 0.387 e. The van der Waals surface area contributed by atoms with Crippen molar-refractivity contribution in [2.24, 2.45) is 0 Å². The second-order valence-electron chi connectivity index (χ2n) is 8.49. The molecular formula is C25H20F2N4O2S. The van der Waals surface area contributed by atoms with E-state index < -0.39 is 16.3 Å². The number of hydrogen-bond donors (Lipinski definition) is 2. The fraction of sp³-hybridized carbons (Fsp3) is 0.160. The average Bonchev–Trinajstić information content (AvgIpc) is 3.26. The Kier molecular flexibility index (Phi) is 4.54. The van der Waals surface area contributed by atoms with E-state index in [9.17, 15) is 13.0 Å². The molecule has 9 heteroatoms. The summed E-state index contributed by atoms with van der Waals surface area (Å²) in [7, 11) is -2.78. The van der Waals surface area contributed by atoms with Crippen LogP contribution in [0.3, 0.4) is 0 Å². The molecule has 0 radical (unpaired) electrons. The van der Waals surface area contributed by atoms with E-state index >= 15 is 0 Å². The van der Waals surface area contributed by atoms with E-state index in [1.54, 1.807) is 24.3 Å². The zero-order chi connectivity index (χ0) is 23.6. The lowest BCUT2D eigenvalue weighted by atomic mass is 10.0. The van der Waals surface area contributed by atoms with Gasteiger partial charge in [-0.05, 0) is 41.5 Å². The number of hydrogen-bond acceptors (Lipinski definition) is 5. The van der Waals surface area contributed by atoms with Crippen molar-refractivity contribution >= 4 is 32.7 Å². The second-order valence-corrected chi connectivity index (χ2v) is 10.6.